The minimum absolute atomic E-state index is 0.0403. The molecule has 2 N–H and O–H groups in total. The first-order valence-corrected chi connectivity index (χ1v) is 11.8. The predicted molar refractivity (Wildman–Crippen MR) is 139 cm³/mol. The smallest absolute Gasteiger partial charge is 0.281 e. The van der Waals surface area contributed by atoms with E-state index >= 15 is 0 Å². The van der Waals surface area contributed by atoms with Crippen molar-refractivity contribution in [2.24, 2.45) is 5.10 Å². The molecule has 0 spiro atoms. The van der Waals surface area contributed by atoms with Crippen LogP contribution < -0.4 is 10.3 Å². The molecule has 0 bridgehead atoms. The summed E-state index contributed by atoms with van der Waals surface area (Å²) >= 11 is 6.58. The summed E-state index contributed by atoms with van der Waals surface area (Å²) in [6, 6.07) is 21.7. The normalized spacial score (nSPS) is 17.5. The number of nitrogens with zero attached hydrogens (tertiary/aromatic N) is 2. The molecule has 1 heterocycles. The fourth-order valence-electron chi connectivity index (χ4n) is 4.73. The molecule has 0 unspecified atom stereocenters. The number of carbonyl (C=O) groups excluding carboxylic acids is 1. The lowest BCUT2D eigenvalue weighted by atomic mass is 9.80. The fourth-order valence-corrected chi connectivity index (χ4v) is 4.94. The summed E-state index contributed by atoms with van der Waals surface area (Å²) in [7, 11) is 2.09. The zero-order valence-corrected chi connectivity index (χ0v) is 20.7. The van der Waals surface area contributed by atoms with Crippen molar-refractivity contribution >= 4 is 29.4 Å². The number of hydrogen-bond acceptors (Lipinski definition) is 4. The van der Waals surface area contributed by atoms with Gasteiger partial charge in [-0.1, -0.05) is 79.2 Å². The molecule has 1 amide bonds. The lowest BCUT2D eigenvalue weighted by Gasteiger charge is -2.45. The van der Waals surface area contributed by atoms with Gasteiger partial charge in [-0.2, -0.15) is 5.10 Å². The number of fused-ring (bicyclic) bond motifs is 1. The molecule has 1 aliphatic rings. The highest BCUT2D eigenvalue weighted by Crippen LogP contribution is 2.44. The van der Waals surface area contributed by atoms with Gasteiger partial charge in [0.1, 0.15) is 0 Å². The maximum absolute atomic E-state index is 13.2. The van der Waals surface area contributed by atoms with Gasteiger partial charge in [-0.15, -0.1) is 0 Å². The van der Waals surface area contributed by atoms with Crippen molar-refractivity contribution in [1.82, 2.24) is 5.43 Å². The molecule has 0 fully saturated rings. The maximum atomic E-state index is 13.2. The Hall–Kier alpha value is -3.15. The number of benzene rings is 3. The minimum atomic E-state index is -1.89. The van der Waals surface area contributed by atoms with E-state index in [4.69, 9.17) is 11.6 Å². The summed E-state index contributed by atoms with van der Waals surface area (Å²) in [5.41, 5.74) is 4.61. The molecule has 34 heavy (non-hydrogen) atoms. The molecule has 6 heteroatoms. The Bertz CT molecular complexity index is 1170. The lowest BCUT2D eigenvalue weighted by Crippen LogP contribution is -2.45. The molecule has 3 aromatic carbocycles. The number of rotatable bonds is 5. The van der Waals surface area contributed by atoms with Crippen LogP contribution in [0, 0.1) is 0 Å². The average molecular weight is 476 g/mol. The van der Waals surface area contributed by atoms with Gasteiger partial charge in [-0.25, -0.2) is 5.43 Å². The topological polar surface area (TPSA) is 64.9 Å². The third-order valence-corrected chi connectivity index (χ3v) is 7.16. The van der Waals surface area contributed by atoms with E-state index in [1.807, 2.05) is 24.3 Å². The fraction of sp³-hybridized carbons (Fsp3) is 0.286. The molecular weight excluding hydrogens is 446 g/mol. The Morgan fingerprint density at radius 2 is 1.68 bits per heavy atom. The number of nitrogens with one attached hydrogen (secondary N) is 1. The van der Waals surface area contributed by atoms with Crippen molar-refractivity contribution in [3.63, 3.8) is 0 Å². The molecule has 4 rings (SSSR count). The number of hydrogen-bond donors (Lipinski definition) is 2. The molecular formula is C28H30ClN3O2. The van der Waals surface area contributed by atoms with Crippen LogP contribution in [0.5, 0.6) is 0 Å². The molecule has 0 aromatic heterocycles. The lowest BCUT2D eigenvalue weighted by molar-refractivity contribution is -0.136. The van der Waals surface area contributed by atoms with Crippen molar-refractivity contribution in [3.05, 3.63) is 100 Å². The average Bonchev–Trinajstić information content (AvgIpc) is 2.83. The molecule has 5 nitrogen and oxygen atoms in total. The highest BCUT2D eigenvalue weighted by Gasteiger charge is 2.40. The van der Waals surface area contributed by atoms with Gasteiger partial charge in [0.15, 0.2) is 5.60 Å². The number of anilines is 1. The zero-order chi connectivity index (χ0) is 24.5. The van der Waals surface area contributed by atoms with Crippen LogP contribution in [0.1, 0.15) is 55.4 Å². The molecule has 3 aromatic rings. The van der Waals surface area contributed by atoms with E-state index < -0.39 is 11.5 Å². The van der Waals surface area contributed by atoms with E-state index in [9.17, 15) is 9.90 Å². The molecule has 0 radical (unpaired) electrons. The Morgan fingerprint density at radius 1 is 1.12 bits per heavy atom. The van der Waals surface area contributed by atoms with E-state index in [2.05, 4.69) is 43.2 Å². The van der Waals surface area contributed by atoms with Gasteiger partial charge in [0.05, 0.1) is 11.2 Å². The van der Waals surface area contributed by atoms with Gasteiger partial charge < -0.3 is 10.0 Å². The number of aliphatic hydroxyl groups is 1. The first kappa shape index (κ1) is 24.0. The second-order valence-corrected chi connectivity index (χ2v) is 9.96. The van der Waals surface area contributed by atoms with Crippen LogP contribution in [0.3, 0.4) is 0 Å². The van der Waals surface area contributed by atoms with Gasteiger partial charge in [0.2, 0.25) is 0 Å². The predicted octanol–water partition coefficient (Wildman–Crippen LogP) is 5.45. The van der Waals surface area contributed by atoms with Crippen molar-refractivity contribution in [2.45, 2.75) is 44.2 Å². The molecule has 1 aliphatic heterocycles. The van der Waals surface area contributed by atoms with Crippen molar-refractivity contribution < 1.29 is 9.90 Å². The first-order valence-electron chi connectivity index (χ1n) is 11.4. The van der Waals surface area contributed by atoms with E-state index in [1.54, 1.807) is 48.5 Å². The van der Waals surface area contributed by atoms with E-state index in [-0.39, 0.29) is 5.54 Å². The van der Waals surface area contributed by atoms with Crippen LogP contribution in [-0.4, -0.2) is 29.8 Å². The van der Waals surface area contributed by atoms with Crippen LogP contribution in [0.2, 0.25) is 5.02 Å². The first-order chi connectivity index (χ1) is 16.1. The van der Waals surface area contributed by atoms with E-state index in [1.165, 1.54) is 11.8 Å². The summed E-state index contributed by atoms with van der Waals surface area (Å²) in [6.45, 7) is 6.67. The number of hydrazone groups is 1. The highest BCUT2D eigenvalue weighted by molar-refractivity contribution is 6.33. The minimum Gasteiger partial charge on any atom is -0.372 e. The standard InChI is InChI=1S/C28H30ClN3O2/c1-19-17-27(2,3)32(4)25-16-24(29)20(15-23(19)25)18-30-31-26(33)28(34,21-11-7-5-8-12-21)22-13-9-6-10-14-22/h5-16,18-19,34H,17H2,1-4H3,(H,31,33)/b30-18-/t19-/m1/s1. The van der Waals surface area contributed by atoms with Crippen LogP contribution in [0.15, 0.2) is 77.9 Å². The second-order valence-electron chi connectivity index (χ2n) is 9.55. The van der Waals surface area contributed by atoms with Crippen LogP contribution in [0.25, 0.3) is 0 Å². The summed E-state index contributed by atoms with van der Waals surface area (Å²) in [5.74, 6) is -0.286. The van der Waals surface area contributed by atoms with Gasteiger partial charge in [-0.05, 0) is 55.0 Å². The molecule has 0 saturated carbocycles. The SMILES string of the molecule is C[C@@H]1CC(C)(C)N(C)c2cc(Cl)c(/C=N\NC(=O)C(O)(c3ccccc3)c3ccccc3)cc21. The number of halogens is 1. The van der Waals surface area contributed by atoms with Gasteiger partial charge in [-0.3, -0.25) is 4.79 Å². The van der Waals surface area contributed by atoms with E-state index in [0.29, 0.717) is 27.6 Å². The van der Waals surface area contributed by atoms with E-state index in [0.717, 1.165) is 12.1 Å². The van der Waals surface area contributed by atoms with Crippen molar-refractivity contribution in [3.8, 4) is 0 Å². The number of carbonyl (C=O) groups is 1. The zero-order valence-electron chi connectivity index (χ0n) is 19.9. The Morgan fingerprint density at radius 3 is 2.24 bits per heavy atom. The van der Waals surface area contributed by atoms with Crippen LogP contribution in [0.4, 0.5) is 5.69 Å². The molecule has 0 saturated heterocycles. The third kappa shape index (κ3) is 4.33. The van der Waals surface area contributed by atoms with Crippen LogP contribution in [-0.2, 0) is 10.4 Å². The van der Waals surface area contributed by atoms with Gasteiger partial charge >= 0.3 is 0 Å². The number of amides is 1. The summed E-state index contributed by atoms with van der Waals surface area (Å²) in [6.07, 6.45) is 2.55. The molecule has 1 atom stereocenters. The molecule has 176 valence electrons. The van der Waals surface area contributed by atoms with Crippen LogP contribution >= 0.6 is 11.6 Å². The van der Waals surface area contributed by atoms with Crippen molar-refractivity contribution in [2.75, 3.05) is 11.9 Å². The highest BCUT2D eigenvalue weighted by atomic mass is 35.5. The van der Waals surface area contributed by atoms with Crippen molar-refractivity contribution in [1.29, 1.82) is 0 Å². The van der Waals surface area contributed by atoms with Gasteiger partial charge in [0.25, 0.3) is 5.91 Å². The second kappa shape index (κ2) is 9.24. The Labute approximate surface area is 206 Å². The Balaban J connectivity index is 1.62. The Kier molecular flexibility index (Phi) is 6.52. The maximum Gasteiger partial charge on any atom is 0.281 e. The quantitative estimate of drug-likeness (QED) is 0.381. The van der Waals surface area contributed by atoms with Gasteiger partial charge in [0, 0.05) is 23.8 Å². The summed E-state index contributed by atoms with van der Waals surface area (Å²) < 4.78 is 0. The summed E-state index contributed by atoms with van der Waals surface area (Å²) in [4.78, 5) is 15.5. The largest absolute Gasteiger partial charge is 0.372 e. The monoisotopic (exact) mass is 475 g/mol. The molecule has 0 aliphatic carbocycles. The third-order valence-electron chi connectivity index (χ3n) is 6.83. The summed E-state index contributed by atoms with van der Waals surface area (Å²) in [5, 5.41) is 16.2.